The molecule has 2 aliphatic heterocycles. The number of likely N-dealkylation sites (tertiary alicyclic amines) is 1. The van der Waals surface area contributed by atoms with Gasteiger partial charge in [0.25, 0.3) is 0 Å². The van der Waals surface area contributed by atoms with Gasteiger partial charge in [-0.1, -0.05) is 6.92 Å². The van der Waals surface area contributed by atoms with Crippen LogP contribution in [0.15, 0.2) is 0 Å². The van der Waals surface area contributed by atoms with Crippen LogP contribution in [0.4, 0.5) is 4.79 Å². The van der Waals surface area contributed by atoms with E-state index < -0.39 is 0 Å². The van der Waals surface area contributed by atoms with Crippen LogP contribution in [0.1, 0.15) is 39.0 Å². The molecule has 2 saturated heterocycles. The van der Waals surface area contributed by atoms with Crippen molar-refractivity contribution in [1.29, 1.82) is 0 Å². The molecule has 0 spiro atoms. The number of hydrogen-bond donors (Lipinski definition) is 3. The van der Waals surface area contributed by atoms with Crippen molar-refractivity contribution in [3.05, 3.63) is 0 Å². The summed E-state index contributed by atoms with van der Waals surface area (Å²) in [5, 5.41) is 8.61. The van der Waals surface area contributed by atoms with Gasteiger partial charge in [-0.15, -0.1) is 0 Å². The molecule has 2 heterocycles. The van der Waals surface area contributed by atoms with E-state index in [0.29, 0.717) is 19.1 Å². The second-order valence-electron chi connectivity index (χ2n) is 6.12. The Morgan fingerprint density at radius 3 is 2.62 bits per heavy atom. The van der Waals surface area contributed by atoms with Crippen LogP contribution in [0.5, 0.6) is 0 Å². The number of imide groups is 1. The molecule has 6 nitrogen and oxygen atoms in total. The monoisotopic (exact) mass is 296 g/mol. The van der Waals surface area contributed by atoms with Crippen molar-refractivity contribution in [3.63, 3.8) is 0 Å². The molecule has 0 aromatic carbocycles. The van der Waals surface area contributed by atoms with Gasteiger partial charge in [-0.3, -0.25) is 15.0 Å². The maximum atomic E-state index is 11.8. The summed E-state index contributed by atoms with van der Waals surface area (Å²) in [6.07, 6.45) is 5.74. The highest BCUT2D eigenvalue weighted by Crippen LogP contribution is 2.25. The number of nitrogens with one attached hydrogen (secondary N) is 3. The van der Waals surface area contributed by atoms with Gasteiger partial charge in [0.2, 0.25) is 5.91 Å². The molecule has 0 aliphatic carbocycles. The highest BCUT2D eigenvalue weighted by atomic mass is 16.2. The minimum atomic E-state index is -0.383. The van der Waals surface area contributed by atoms with E-state index in [4.69, 9.17) is 0 Å². The minimum Gasteiger partial charge on any atom is -0.338 e. The zero-order valence-electron chi connectivity index (χ0n) is 13.0. The molecule has 6 heteroatoms. The van der Waals surface area contributed by atoms with Gasteiger partial charge in [0.1, 0.15) is 0 Å². The summed E-state index contributed by atoms with van der Waals surface area (Å²) < 4.78 is 0. The van der Waals surface area contributed by atoms with Crippen LogP contribution in [-0.2, 0) is 4.79 Å². The molecule has 0 aromatic rings. The molecule has 0 saturated carbocycles. The second-order valence-corrected chi connectivity index (χ2v) is 6.12. The van der Waals surface area contributed by atoms with Gasteiger partial charge in [0.05, 0.1) is 6.54 Å². The van der Waals surface area contributed by atoms with Crippen molar-refractivity contribution in [2.45, 2.75) is 45.1 Å². The number of carbonyl (C=O) groups excluding carboxylic acids is 2. The normalized spacial score (nSPS) is 24.0. The smallest absolute Gasteiger partial charge is 0.321 e. The zero-order valence-corrected chi connectivity index (χ0v) is 13.0. The third-order valence-electron chi connectivity index (χ3n) is 4.46. The molecule has 1 unspecified atom stereocenters. The van der Waals surface area contributed by atoms with Crippen molar-refractivity contribution in [3.8, 4) is 0 Å². The van der Waals surface area contributed by atoms with Crippen LogP contribution in [0, 0.1) is 5.92 Å². The molecule has 0 aromatic heterocycles. The van der Waals surface area contributed by atoms with E-state index in [0.717, 1.165) is 44.8 Å². The van der Waals surface area contributed by atoms with Crippen LogP contribution in [0.25, 0.3) is 0 Å². The Hall–Kier alpha value is -1.14. The summed E-state index contributed by atoms with van der Waals surface area (Å²) in [6.45, 7) is 5.95. The van der Waals surface area contributed by atoms with Gasteiger partial charge >= 0.3 is 6.03 Å². The van der Waals surface area contributed by atoms with Gasteiger partial charge in [-0.05, 0) is 57.7 Å². The Morgan fingerprint density at radius 1 is 1.24 bits per heavy atom. The highest BCUT2D eigenvalue weighted by Gasteiger charge is 2.28. The molecular weight excluding hydrogens is 268 g/mol. The Labute approximate surface area is 127 Å². The lowest BCUT2D eigenvalue weighted by Crippen LogP contribution is -2.47. The molecule has 120 valence electrons. The molecule has 3 N–H and O–H groups in total. The fourth-order valence-electron chi connectivity index (χ4n) is 3.28. The Morgan fingerprint density at radius 2 is 2.00 bits per heavy atom. The first-order chi connectivity index (χ1) is 10.2. The van der Waals surface area contributed by atoms with Crippen LogP contribution < -0.4 is 16.0 Å². The van der Waals surface area contributed by atoms with E-state index in [1.807, 2.05) is 6.92 Å². The molecule has 2 fully saturated rings. The predicted molar refractivity (Wildman–Crippen MR) is 82.0 cm³/mol. The number of carbonyl (C=O) groups is 2. The van der Waals surface area contributed by atoms with E-state index in [9.17, 15) is 9.59 Å². The lowest BCUT2D eigenvalue weighted by atomic mass is 9.88. The molecule has 2 rings (SSSR count). The lowest BCUT2D eigenvalue weighted by molar-refractivity contribution is -0.121. The lowest BCUT2D eigenvalue weighted by Gasteiger charge is -2.34. The van der Waals surface area contributed by atoms with Gasteiger partial charge in [0, 0.05) is 12.6 Å². The molecule has 3 amide bonds. The quantitative estimate of drug-likeness (QED) is 0.698. The van der Waals surface area contributed by atoms with Crippen molar-refractivity contribution in [1.82, 2.24) is 20.9 Å². The fourth-order valence-corrected chi connectivity index (χ4v) is 3.28. The Balaban J connectivity index is 1.63. The maximum absolute atomic E-state index is 11.8. The van der Waals surface area contributed by atoms with Crippen molar-refractivity contribution >= 4 is 11.9 Å². The van der Waals surface area contributed by atoms with Crippen LogP contribution in [-0.4, -0.2) is 55.6 Å². The average Bonchev–Trinajstić information content (AvgIpc) is 3.00. The minimum absolute atomic E-state index is 0.207. The largest absolute Gasteiger partial charge is 0.338 e. The van der Waals surface area contributed by atoms with Crippen molar-refractivity contribution in [2.24, 2.45) is 5.92 Å². The summed E-state index contributed by atoms with van der Waals surface area (Å²) in [6, 6.07) is 0.299. The predicted octanol–water partition coefficient (Wildman–Crippen LogP) is 0.686. The van der Waals surface area contributed by atoms with E-state index in [1.54, 1.807) is 0 Å². The van der Waals surface area contributed by atoms with E-state index in [2.05, 4.69) is 20.9 Å². The summed E-state index contributed by atoms with van der Waals surface area (Å²) in [4.78, 5) is 25.4. The average molecular weight is 296 g/mol. The molecule has 2 aliphatic rings. The first-order valence-corrected chi connectivity index (χ1v) is 8.22. The zero-order chi connectivity index (χ0) is 15.1. The van der Waals surface area contributed by atoms with Gasteiger partial charge in [0.15, 0.2) is 0 Å². The molecule has 1 atom stereocenters. The number of amides is 3. The highest BCUT2D eigenvalue weighted by molar-refractivity contribution is 5.95. The summed E-state index contributed by atoms with van der Waals surface area (Å²) in [5.74, 6) is 0.542. The van der Waals surface area contributed by atoms with Crippen LogP contribution in [0.2, 0.25) is 0 Å². The number of nitrogens with zero attached hydrogens (tertiary/aromatic N) is 1. The maximum Gasteiger partial charge on any atom is 0.321 e. The number of urea groups is 1. The van der Waals surface area contributed by atoms with Gasteiger partial charge in [-0.2, -0.15) is 0 Å². The van der Waals surface area contributed by atoms with Crippen molar-refractivity contribution < 1.29 is 9.59 Å². The molecular formula is C15H28N4O2. The third kappa shape index (κ3) is 5.28. The summed E-state index contributed by atoms with van der Waals surface area (Å²) >= 11 is 0. The van der Waals surface area contributed by atoms with Crippen molar-refractivity contribution in [2.75, 3.05) is 32.7 Å². The molecule has 0 bridgehead atoms. The number of piperidine rings is 1. The summed E-state index contributed by atoms with van der Waals surface area (Å²) in [7, 11) is 0. The Kier molecular flexibility index (Phi) is 6.45. The summed E-state index contributed by atoms with van der Waals surface area (Å²) in [5.41, 5.74) is 0. The van der Waals surface area contributed by atoms with Crippen LogP contribution in [0.3, 0.4) is 0 Å². The van der Waals surface area contributed by atoms with Gasteiger partial charge in [-0.25, -0.2) is 4.79 Å². The second kappa shape index (κ2) is 8.34. The first kappa shape index (κ1) is 16.2. The number of hydrogen-bond acceptors (Lipinski definition) is 4. The van der Waals surface area contributed by atoms with E-state index >= 15 is 0 Å². The fraction of sp³-hybridized carbons (Fsp3) is 0.867. The van der Waals surface area contributed by atoms with E-state index in [-0.39, 0.29) is 11.9 Å². The molecule has 0 radical (unpaired) electrons. The van der Waals surface area contributed by atoms with Crippen LogP contribution >= 0.6 is 0 Å². The Bertz CT molecular complexity index is 348. The topological polar surface area (TPSA) is 73.5 Å². The van der Waals surface area contributed by atoms with E-state index in [1.165, 1.54) is 12.8 Å². The standard InChI is InChI=1S/C15H28N4O2/c1-2-7-17-15(21)18-14(20)11-19-9-5-12(6-10-19)13-4-3-8-16-13/h12-13,16H,2-11H2,1H3,(H2,17,18,20,21). The SMILES string of the molecule is CCCNC(=O)NC(=O)CN1CCC(C2CCCN2)CC1. The first-order valence-electron chi connectivity index (χ1n) is 8.22. The van der Waals surface area contributed by atoms with Gasteiger partial charge < -0.3 is 10.6 Å². The number of rotatable bonds is 5. The third-order valence-corrected chi connectivity index (χ3v) is 4.46. The molecule has 21 heavy (non-hydrogen) atoms.